The normalized spacial score (nSPS) is 14.6. The summed E-state index contributed by atoms with van der Waals surface area (Å²) in [5, 5.41) is 10.9. The summed E-state index contributed by atoms with van der Waals surface area (Å²) in [7, 11) is 0. The summed E-state index contributed by atoms with van der Waals surface area (Å²) < 4.78 is 1.82. The van der Waals surface area contributed by atoms with Crippen molar-refractivity contribution in [1.82, 2.24) is 20.4 Å². The second kappa shape index (κ2) is 6.88. The molecule has 1 fully saturated rings. The minimum atomic E-state index is 0.0653. The van der Waals surface area contributed by atoms with Crippen molar-refractivity contribution in [2.45, 2.75) is 53.1 Å². The first kappa shape index (κ1) is 15.0. The van der Waals surface area contributed by atoms with E-state index < -0.39 is 0 Å². The monoisotopic (exact) mass is 278 g/mol. The number of nitrogens with zero attached hydrogens (tertiary/aromatic N) is 2. The van der Waals surface area contributed by atoms with Gasteiger partial charge in [-0.3, -0.25) is 9.48 Å². The fraction of sp³-hybridized carbons (Fsp3) is 0.733. The van der Waals surface area contributed by atoms with Gasteiger partial charge in [-0.25, -0.2) is 0 Å². The van der Waals surface area contributed by atoms with Gasteiger partial charge >= 0.3 is 0 Å². The highest BCUT2D eigenvalue weighted by Gasteiger charge is 2.22. The molecule has 2 rings (SSSR count). The molecule has 112 valence electrons. The zero-order valence-corrected chi connectivity index (χ0v) is 12.8. The highest BCUT2D eigenvalue weighted by molar-refractivity contribution is 5.75. The van der Waals surface area contributed by atoms with E-state index in [0.717, 1.165) is 37.4 Å². The van der Waals surface area contributed by atoms with Gasteiger partial charge in [0.2, 0.25) is 5.91 Å². The molecule has 20 heavy (non-hydrogen) atoms. The zero-order chi connectivity index (χ0) is 14.5. The van der Waals surface area contributed by atoms with Gasteiger partial charge in [-0.05, 0) is 45.6 Å². The molecule has 1 saturated carbocycles. The summed E-state index contributed by atoms with van der Waals surface area (Å²) in [5.41, 5.74) is 3.32. The standard InChI is InChI=1S/C15H26N4O/c1-4-7-16-9-14-11(2)18-19(12(14)3)10-15(20)17-8-13-5-6-13/h13,16H,4-10H2,1-3H3,(H,17,20). The summed E-state index contributed by atoms with van der Waals surface area (Å²) in [6.07, 6.45) is 3.64. The van der Waals surface area contributed by atoms with Gasteiger partial charge in [-0.1, -0.05) is 6.92 Å². The zero-order valence-electron chi connectivity index (χ0n) is 12.8. The number of amides is 1. The highest BCUT2D eigenvalue weighted by Crippen LogP contribution is 2.27. The lowest BCUT2D eigenvalue weighted by Crippen LogP contribution is -2.30. The molecule has 5 heteroatoms. The third-order valence-corrected chi connectivity index (χ3v) is 3.84. The highest BCUT2D eigenvalue weighted by atomic mass is 16.2. The minimum Gasteiger partial charge on any atom is -0.354 e. The van der Waals surface area contributed by atoms with Gasteiger partial charge < -0.3 is 10.6 Å². The van der Waals surface area contributed by atoms with E-state index in [0.29, 0.717) is 12.5 Å². The third-order valence-electron chi connectivity index (χ3n) is 3.84. The minimum absolute atomic E-state index is 0.0653. The molecule has 0 aromatic carbocycles. The third kappa shape index (κ3) is 4.07. The summed E-state index contributed by atoms with van der Waals surface area (Å²) >= 11 is 0. The molecule has 1 aromatic rings. The molecule has 5 nitrogen and oxygen atoms in total. The van der Waals surface area contributed by atoms with Crippen molar-refractivity contribution in [3.8, 4) is 0 Å². The van der Waals surface area contributed by atoms with Crippen LogP contribution >= 0.6 is 0 Å². The van der Waals surface area contributed by atoms with Gasteiger partial charge in [-0.2, -0.15) is 5.10 Å². The summed E-state index contributed by atoms with van der Waals surface area (Å²) in [6.45, 7) is 9.18. The first-order valence-corrected chi connectivity index (χ1v) is 7.62. The Morgan fingerprint density at radius 3 is 2.80 bits per heavy atom. The van der Waals surface area contributed by atoms with Crippen molar-refractivity contribution >= 4 is 5.91 Å². The van der Waals surface area contributed by atoms with Crippen LogP contribution in [-0.4, -0.2) is 28.8 Å². The molecule has 1 aromatic heterocycles. The Morgan fingerprint density at radius 1 is 1.40 bits per heavy atom. The van der Waals surface area contributed by atoms with Crippen molar-refractivity contribution in [3.05, 3.63) is 17.0 Å². The smallest absolute Gasteiger partial charge is 0.241 e. The van der Waals surface area contributed by atoms with Crippen LogP contribution in [0, 0.1) is 19.8 Å². The van der Waals surface area contributed by atoms with Crippen molar-refractivity contribution in [1.29, 1.82) is 0 Å². The van der Waals surface area contributed by atoms with Crippen LogP contribution in [0.15, 0.2) is 0 Å². The van der Waals surface area contributed by atoms with Crippen LogP contribution in [0.25, 0.3) is 0 Å². The number of aromatic nitrogens is 2. The fourth-order valence-corrected chi connectivity index (χ4v) is 2.31. The first-order chi connectivity index (χ1) is 9.61. The topological polar surface area (TPSA) is 59.0 Å². The van der Waals surface area contributed by atoms with Gasteiger partial charge in [0, 0.05) is 24.3 Å². The van der Waals surface area contributed by atoms with E-state index in [9.17, 15) is 4.79 Å². The van der Waals surface area contributed by atoms with Gasteiger partial charge in [0.25, 0.3) is 0 Å². The molecule has 0 spiro atoms. The van der Waals surface area contributed by atoms with Crippen LogP contribution in [0.1, 0.15) is 43.1 Å². The van der Waals surface area contributed by atoms with E-state index in [1.54, 1.807) is 0 Å². The Balaban J connectivity index is 1.89. The fourth-order valence-electron chi connectivity index (χ4n) is 2.31. The Morgan fingerprint density at radius 2 is 2.15 bits per heavy atom. The lowest BCUT2D eigenvalue weighted by molar-refractivity contribution is -0.121. The van der Waals surface area contributed by atoms with Crippen LogP contribution < -0.4 is 10.6 Å². The van der Waals surface area contributed by atoms with Crippen LogP contribution in [0.5, 0.6) is 0 Å². The maximum atomic E-state index is 11.9. The first-order valence-electron chi connectivity index (χ1n) is 7.62. The molecule has 0 unspecified atom stereocenters. The number of nitrogens with one attached hydrogen (secondary N) is 2. The quantitative estimate of drug-likeness (QED) is 0.709. The maximum absolute atomic E-state index is 11.9. The second-order valence-corrected chi connectivity index (χ2v) is 5.73. The van der Waals surface area contributed by atoms with E-state index in [-0.39, 0.29) is 5.91 Å². The molecule has 0 radical (unpaired) electrons. The summed E-state index contributed by atoms with van der Waals surface area (Å²) in [5.74, 6) is 0.781. The van der Waals surface area contributed by atoms with Crippen molar-refractivity contribution in [2.75, 3.05) is 13.1 Å². The van der Waals surface area contributed by atoms with Gasteiger partial charge in [0.1, 0.15) is 6.54 Å². The number of carbonyl (C=O) groups is 1. The molecule has 1 amide bonds. The molecule has 2 N–H and O–H groups in total. The average molecular weight is 278 g/mol. The van der Waals surface area contributed by atoms with E-state index in [2.05, 4.69) is 22.7 Å². The van der Waals surface area contributed by atoms with Crippen LogP contribution in [-0.2, 0) is 17.9 Å². The second-order valence-electron chi connectivity index (χ2n) is 5.73. The maximum Gasteiger partial charge on any atom is 0.241 e. The van der Waals surface area contributed by atoms with Gasteiger partial charge in [-0.15, -0.1) is 0 Å². The SMILES string of the molecule is CCCNCc1c(C)nn(CC(=O)NCC2CC2)c1C. The van der Waals surface area contributed by atoms with Crippen LogP contribution in [0.4, 0.5) is 0 Å². The van der Waals surface area contributed by atoms with Crippen molar-refractivity contribution < 1.29 is 4.79 Å². The summed E-state index contributed by atoms with van der Waals surface area (Å²) in [4.78, 5) is 11.9. The molecular weight excluding hydrogens is 252 g/mol. The predicted octanol–water partition coefficient (Wildman–Crippen LogP) is 1.53. The lowest BCUT2D eigenvalue weighted by Gasteiger charge is -2.07. The van der Waals surface area contributed by atoms with Crippen LogP contribution in [0.3, 0.4) is 0 Å². The molecule has 1 heterocycles. The molecule has 0 aliphatic heterocycles. The predicted molar refractivity (Wildman–Crippen MR) is 79.4 cm³/mol. The van der Waals surface area contributed by atoms with E-state index in [4.69, 9.17) is 0 Å². The largest absolute Gasteiger partial charge is 0.354 e. The lowest BCUT2D eigenvalue weighted by atomic mass is 10.2. The number of rotatable bonds is 8. The molecule has 1 aliphatic carbocycles. The van der Waals surface area contributed by atoms with E-state index in [1.807, 2.05) is 18.5 Å². The number of hydrogen-bond acceptors (Lipinski definition) is 3. The molecule has 1 aliphatic rings. The van der Waals surface area contributed by atoms with E-state index in [1.165, 1.54) is 18.4 Å². The van der Waals surface area contributed by atoms with Crippen molar-refractivity contribution in [3.63, 3.8) is 0 Å². The van der Waals surface area contributed by atoms with E-state index >= 15 is 0 Å². The Kier molecular flexibility index (Phi) is 5.17. The van der Waals surface area contributed by atoms with Crippen LogP contribution in [0.2, 0.25) is 0 Å². The van der Waals surface area contributed by atoms with Gasteiger partial charge in [0.05, 0.1) is 5.69 Å². The molecule has 0 saturated heterocycles. The molecule has 0 bridgehead atoms. The van der Waals surface area contributed by atoms with Gasteiger partial charge in [0.15, 0.2) is 0 Å². The molecule has 0 atom stereocenters. The van der Waals surface area contributed by atoms with Crippen molar-refractivity contribution in [2.24, 2.45) is 5.92 Å². The Labute approximate surface area is 121 Å². The Hall–Kier alpha value is -1.36. The molecular formula is C15H26N4O. The number of carbonyl (C=O) groups excluding carboxylic acids is 1. The Bertz CT molecular complexity index is 463. The average Bonchev–Trinajstić information content (AvgIpc) is 3.20. The summed E-state index contributed by atoms with van der Waals surface area (Å²) in [6, 6.07) is 0. The number of hydrogen-bond donors (Lipinski definition) is 2. The number of aryl methyl sites for hydroxylation is 1.